The summed E-state index contributed by atoms with van der Waals surface area (Å²) >= 11 is 0. The van der Waals surface area contributed by atoms with Crippen molar-refractivity contribution in [3.8, 4) is 0 Å². The molecule has 4 aliphatic rings. The molecule has 0 spiro atoms. The van der Waals surface area contributed by atoms with Gasteiger partial charge in [-0.2, -0.15) is 0 Å². The minimum Gasteiger partial charge on any atom is -0.325 e. The van der Waals surface area contributed by atoms with Crippen LogP contribution in [-0.2, 0) is 9.59 Å². The van der Waals surface area contributed by atoms with Gasteiger partial charge in [0.05, 0.1) is 0 Å². The minimum absolute atomic E-state index is 0.0825. The summed E-state index contributed by atoms with van der Waals surface area (Å²) in [4.78, 5) is 24.1. The molecular weight excluding hydrogens is 298 g/mol. The van der Waals surface area contributed by atoms with Gasteiger partial charge in [-0.15, -0.1) is 0 Å². The molecule has 3 heteroatoms. The van der Waals surface area contributed by atoms with Gasteiger partial charge in [-0.3, -0.25) is 9.59 Å². The standard InChI is InChI=1S/C21H31NO2/c1-13(23)16-4-5-17-20(16,3)10-8-18-19(2)9-7-15(24)12-14(19)6-11-21(17,18)22/h12,16-18H,4-11,22H2,1-3H3/t16-,17-,18-,19+,20-,21-/m1/s1. The topological polar surface area (TPSA) is 60.2 Å². The Morgan fingerprint density at radius 2 is 1.83 bits per heavy atom. The second-order valence-electron chi connectivity index (χ2n) is 9.56. The summed E-state index contributed by atoms with van der Waals surface area (Å²) in [5.74, 6) is 1.76. The summed E-state index contributed by atoms with van der Waals surface area (Å²) in [6.07, 6.45) is 9.85. The summed E-state index contributed by atoms with van der Waals surface area (Å²) in [6, 6.07) is 0. The fraction of sp³-hybridized carbons (Fsp3) is 0.810. The number of ketones is 2. The van der Waals surface area contributed by atoms with Crippen molar-refractivity contribution in [2.45, 2.75) is 77.7 Å². The Balaban J connectivity index is 1.74. The predicted molar refractivity (Wildman–Crippen MR) is 94.3 cm³/mol. The van der Waals surface area contributed by atoms with E-state index in [9.17, 15) is 9.59 Å². The summed E-state index contributed by atoms with van der Waals surface area (Å²) in [5, 5.41) is 0. The number of fused-ring (bicyclic) bond motifs is 5. The second kappa shape index (κ2) is 5.03. The normalized spacial score (nSPS) is 50.6. The second-order valence-corrected chi connectivity index (χ2v) is 9.56. The molecule has 4 rings (SSSR count). The molecule has 0 aliphatic heterocycles. The molecule has 0 aromatic heterocycles. The van der Waals surface area contributed by atoms with E-state index in [2.05, 4.69) is 13.8 Å². The maximum Gasteiger partial charge on any atom is 0.155 e. The molecule has 0 heterocycles. The lowest BCUT2D eigenvalue weighted by Crippen LogP contribution is -2.66. The third-order valence-electron chi connectivity index (χ3n) is 8.65. The Kier molecular flexibility index (Phi) is 3.46. The lowest BCUT2D eigenvalue weighted by molar-refractivity contribution is -0.129. The van der Waals surface area contributed by atoms with Crippen LogP contribution in [0.15, 0.2) is 11.6 Å². The summed E-state index contributed by atoms with van der Waals surface area (Å²) in [5.41, 5.74) is 8.57. The van der Waals surface area contributed by atoms with Gasteiger partial charge in [-0.25, -0.2) is 0 Å². The van der Waals surface area contributed by atoms with Crippen LogP contribution in [0, 0.1) is 28.6 Å². The number of hydrogen-bond acceptors (Lipinski definition) is 3. The van der Waals surface area contributed by atoms with Gasteiger partial charge in [0.15, 0.2) is 5.78 Å². The van der Waals surface area contributed by atoms with Gasteiger partial charge >= 0.3 is 0 Å². The quantitative estimate of drug-likeness (QED) is 0.796. The van der Waals surface area contributed by atoms with E-state index < -0.39 is 0 Å². The van der Waals surface area contributed by atoms with Crippen LogP contribution < -0.4 is 5.73 Å². The molecule has 0 amide bonds. The summed E-state index contributed by atoms with van der Waals surface area (Å²) in [7, 11) is 0. The predicted octanol–water partition coefficient (Wildman–Crippen LogP) is 3.80. The van der Waals surface area contributed by atoms with Crippen molar-refractivity contribution in [3.05, 3.63) is 11.6 Å². The van der Waals surface area contributed by atoms with Crippen LogP contribution in [0.2, 0.25) is 0 Å². The number of rotatable bonds is 1. The third-order valence-corrected chi connectivity index (χ3v) is 8.65. The zero-order valence-electron chi connectivity index (χ0n) is 15.4. The first kappa shape index (κ1) is 16.5. The monoisotopic (exact) mass is 329 g/mol. The first-order valence-corrected chi connectivity index (χ1v) is 9.75. The van der Waals surface area contributed by atoms with Gasteiger partial charge in [0.1, 0.15) is 5.78 Å². The van der Waals surface area contributed by atoms with Crippen LogP contribution in [0.25, 0.3) is 0 Å². The molecule has 132 valence electrons. The number of carbonyl (C=O) groups excluding carboxylic acids is 2. The molecule has 0 aromatic carbocycles. The highest BCUT2D eigenvalue weighted by Gasteiger charge is 2.65. The molecule has 0 unspecified atom stereocenters. The Morgan fingerprint density at radius 1 is 1.08 bits per heavy atom. The minimum atomic E-state index is -0.163. The molecule has 3 nitrogen and oxygen atoms in total. The summed E-state index contributed by atoms with van der Waals surface area (Å²) in [6.45, 7) is 6.46. The molecule has 0 saturated heterocycles. The Labute approximate surface area is 145 Å². The average Bonchev–Trinajstić information content (AvgIpc) is 2.87. The highest BCUT2D eigenvalue weighted by molar-refractivity contribution is 5.91. The van der Waals surface area contributed by atoms with Crippen molar-refractivity contribution in [2.75, 3.05) is 0 Å². The van der Waals surface area contributed by atoms with Crippen LogP contribution in [0.4, 0.5) is 0 Å². The number of carbonyl (C=O) groups is 2. The Hall–Kier alpha value is -0.960. The van der Waals surface area contributed by atoms with E-state index in [1.807, 2.05) is 6.08 Å². The van der Waals surface area contributed by atoms with E-state index in [1.165, 1.54) is 5.57 Å². The van der Waals surface area contributed by atoms with E-state index in [0.29, 0.717) is 29.8 Å². The highest BCUT2D eigenvalue weighted by atomic mass is 16.1. The van der Waals surface area contributed by atoms with Crippen LogP contribution in [-0.4, -0.2) is 17.1 Å². The molecule has 0 aromatic rings. The molecule has 3 fully saturated rings. The Bertz CT molecular complexity index is 638. The number of hydrogen-bond donors (Lipinski definition) is 1. The van der Waals surface area contributed by atoms with Crippen molar-refractivity contribution in [1.82, 2.24) is 0 Å². The van der Waals surface area contributed by atoms with Crippen LogP contribution >= 0.6 is 0 Å². The molecule has 6 atom stereocenters. The molecule has 4 aliphatic carbocycles. The van der Waals surface area contributed by atoms with Crippen molar-refractivity contribution in [2.24, 2.45) is 34.3 Å². The van der Waals surface area contributed by atoms with Crippen molar-refractivity contribution < 1.29 is 9.59 Å². The van der Waals surface area contributed by atoms with Gasteiger partial charge in [-0.1, -0.05) is 19.4 Å². The van der Waals surface area contributed by atoms with Crippen molar-refractivity contribution in [1.29, 1.82) is 0 Å². The third kappa shape index (κ3) is 1.94. The van der Waals surface area contributed by atoms with Gasteiger partial charge in [0.2, 0.25) is 0 Å². The fourth-order valence-electron chi connectivity index (χ4n) is 7.44. The van der Waals surface area contributed by atoms with E-state index >= 15 is 0 Å². The Morgan fingerprint density at radius 3 is 2.54 bits per heavy atom. The highest BCUT2D eigenvalue weighted by Crippen LogP contribution is 2.67. The van der Waals surface area contributed by atoms with Crippen LogP contribution in [0.3, 0.4) is 0 Å². The lowest BCUT2D eigenvalue weighted by Gasteiger charge is -2.63. The van der Waals surface area contributed by atoms with Gasteiger partial charge in [0, 0.05) is 17.9 Å². The van der Waals surface area contributed by atoms with E-state index in [0.717, 1.165) is 44.9 Å². The smallest absolute Gasteiger partial charge is 0.155 e. The molecule has 2 N–H and O–H groups in total. The van der Waals surface area contributed by atoms with E-state index in [-0.39, 0.29) is 22.3 Å². The zero-order valence-corrected chi connectivity index (χ0v) is 15.4. The average molecular weight is 329 g/mol. The number of Topliss-reactive ketones (excluding diaryl/α,β-unsaturated/α-hetero) is 1. The molecular formula is C21H31NO2. The largest absolute Gasteiger partial charge is 0.325 e. The first-order chi connectivity index (χ1) is 11.2. The van der Waals surface area contributed by atoms with Crippen LogP contribution in [0.5, 0.6) is 0 Å². The number of allylic oxidation sites excluding steroid dienone is 1. The maximum absolute atomic E-state index is 12.2. The molecule has 3 saturated carbocycles. The molecule has 0 bridgehead atoms. The first-order valence-electron chi connectivity index (χ1n) is 9.75. The van der Waals surface area contributed by atoms with E-state index in [1.54, 1.807) is 6.92 Å². The van der Waals surface area contributed by atoms with Gasteiger partial charge < -0.3 is 5.73 Å². The van der Waals surface area contributed by atoms with Crippen molar-refractivity contribution in [3.63, 3.8) is 0 Å². The molecule has 24 heavy (non-hydrogen) atoms. The van der Waals surface area contributed by atoms with Gasteiger partial charge in [-0.05, 0) is 80.6 Å². The molecule has 0 radical (unpaired) electrons. The van der Waals surface area contributed by atoms with Gasteiger partial charge in [0.25, 0.3) is 0 Å². The SMILES string of the molecule is CC(=O)[C@H]1CC[C@@H]2[C@]1(C)CC[C@H]1[C@@]2(N)CCC2=CC(=O)CC[C@@]21C. The van der Waals surface area contributed by atoms with Crippen LogP contribution in [0.1, 0.15) is 72.1 Å². The van der Waals surface area contributed by atoms with Crippen molar-refractivity contribution >= 4 is 11.6 Å². The maximum atomic E-state index is 12.2. The lowest BCUT2D eigenvalue weighted by atomic mass is 9.44. The number of nitrogens with two attached hydrogens (primary N) is 1. The fourth-order valence-corrected chi connectivity index (χ4v) is 7.44. The summed E-state index contributed by atoms with van der Waals surface area (Å²) < 4.78 is 0. The van der Waals surface area contributed by atoms with E-state index in [4.69, 9.17) is 5.73 Å². The zero-order chi connectivity index (χ0) is 17.3.